The summed E-state index contributed by atoms with van der Waals surface area (Å²) in [6, 6.07) is 0. The Bertz CT molecular complexity index is 375. The number of rotatable bonds is 3. The fourth-order valence-corrected chi connectivity index (χ4v) is 1.99. The maximum atomic E-state index is 12.2. The van der Waals surface area contributed by atoms with Crippen molar-refractivity contribution in [3.05, 3.63) is 5.82 Å². The maximum absolute atomic E-state index is 12.2. The van der Waals surface area contributed by atoms with Crippen molar-refractivity contribution in [2.75, 3.05) is 11.9 Å². The van der Waals surface area contributed by atoms with E-state index in [1.54, 1.807) is 0 Å². The zero-order valence-corrected chi connectivity index (χ0v) is 9.03. The highest BCUT2D eigenvalue weighted by Gasteiger charge is 2.37. The molecule has 1 aromatic rings. The van der Waals surface area contributed by atoms with Crippen LogP contribution in [0.1, 0.15) is 25.1 Å². The van der Waals surface area contributed by atoms with E-state index in [0.29, 0.717) is 24.4 Å². The van der Waals surface area contributed by atoms with Gasteiger partial charge in [-0.25, -0.2) is 0 Å². The molecule has 0 bridgehead atoms. The molecule has 4 nitrogen and oxygen atoms in total. The second-order valence-electron chi connectivity index (χ2n) is 3.85. The molecule has 0 atom stereocenters. The summed E-state index contributed by atoms with van der Waals surface area (Å²) in [4.78, 5) is 3.30. The summed E-state index contributed by atoms with van der Waals surface area (Å²) in [5.74, 6) is -1.14. The lowest BCUT2D eigenvalue weighted by atomic mass is 9.80. The summed E-state index contributed by atoms with van der Waals surface area (Å²) in [6.07, 6.45) is -2.22. The van der Waals surface area contributed by atoms with Gasteiger partial charge >= 0.3 is 6.18 Å². The largest absolute Gasteiger partial charge is 0.452 e. The molecule has 0 saturated heterocycles. The molecule has 1 aliphatic carbocycles. The Labute approximate surface area is 93.7 Å². The first kappa shape index (κ1) is 11.6. The minimum absolute atomic E-state index is 0.0904. The zero-order valence-electron chi connectivity index (χ0n) is 8.21. The van der Waals surface area contributed by atoms with E-state index in [2.05, 4.69) is 14.7 Å². The topological polar surface area (TPSA) is 58.0 Å². The van der Waals surface area contributed by atoms with Gasteiger partial charge in [-0.1, -0.05) is 0 Å². The standard InChI is InChI=1S/C8H10F3N3OS/c9-8(10,11)5-13-6(16-14-5)12-4-7(15)2-1-3-7/h15H,1-4H2,(H,12,13,14). The zero-order chi connectivity index (χ0) is 11.8. The van der Waals surface area contributed by atoms with Crippen LogP contribution in [0.3, 0.4) is 0 Å². The van der Waals surface area contributed by atoms with Crippen LogP contribution in [-0.2, 0) is 6.18 Å². The molecule has 0 amide bonds. The normalized spacial score (nSPS) is 19.2. The predicted molar refractivity (Wildman–Crippen MR) is 52.2 cm³/mol. The van der Waals surface area contributed by atoms with Crippen LogP contribution in [0.25, 0.3) is 0 Å². The molecular weight excluding hydrogens is 243 g/mol. The van der Waals surface area contributed by atoms with E-state index in [0.717, 1.165) is 6.42 Å². The van der Waals surface area contributed by atoms with Gasteiger partial charge in [0.15, 0.2) is 0 Å². The van der Waals surface area contributed by atoms with E-state index >= 15 is 0 Å². The Kier molecular flexibility index (Phi) is 2.79. The van der Waals surface area contributed by atoms with E-state index in [1.807, 2.05) is 0 Å². The van der Waals surface area contributed by atoms with Crippen LogP contribution in [0, 0.1) is 0 Å². The summed E-state index contributed by atoms with van der Waals surface area (Å²) >= 11 is 0.648. The lowest BCUT2D eigenvalue weighted by molar-refractivity contribution is -0.144. The first-order valence-electron chi connectivity index (χ1n) is 4.76. The third-order valence-electron chi connectivity index (χ3n) is 2.53. The lowest BCUT2D eigenvalue weighted by Crippen LogP contribution is -2.43. The van der Waals surface area contributed by atoms with Crippen LogP contribution < -0.4 is 5.32 Å². The quantitative estimate of drug-likeness (QED) is 0.863. The summed E-state index contributed by atoms with van der Waals surface area (Å²) in [7, 11) is 0. The minimum Gasteiger partial charge on any atom is -0.388 e. The van der Waals surface area contributed by atoms with Crippen molar-refractivity contribution in [3.63, 3.8) is 0 Å². The van der Waals surface area contributed by atoms with Crippen LogP contribution >= 0.6 is 11.5 Å². The van der Waals surface area contributed by atoms with Gasteiger partial charge in [-0.05, 0) is 19.3 Å². The van der Waals surface area contributed by atoms with E-state index in [4.69, 9.17) is 0 Å². The van der Waals surface area contributed by atoms with Crippen LogP contribution in [0.5, 0.6) is 0 Å². The van der Waals surface area contributed by atoms with Crippen LogP contribution in [0.2, 0.25) is 0 Å². The number of anilines is 1. The molecule has 8 heteroatoms. The number of nitrogens with one attached hydrogen (secondary N) is 1. The molecule has 2 N–H and O–H groups in total. The van der Waals surface area contributed by atoms with Gasteiger partial charge in [-0.3, -0.25) is 0 Å². The third kappa shape index (κ3) is 2.43. The monoisotopic (exact) mass is 253 g/mol. The Morgan fingerprint density at radius 2 is 2.12 bits per heavy atom. The highest BCUT2D eigenvalue weighted by molar-refractivity contribution is 7.09. The molecule has 1 saturated carbocycles. The van der Waals surface area contributed by atoms with Crippen LogP contribution in [0.4, 0.5) is 18.3 Å². The van der Waals surface area contributed by atoms with Gasteiger partial charge in [-0.2, -0.15) is 22.5 Å². The Hall–Kier alpha value is -0.890. The van der Waals surface area contributed by atoms with Gasteiger partial charge in [0.2, 0.25) is 11.0 Å². The number of hydrogen-bond donors (Lipinski definition) is 2. The number of hydrogen-bond acceptors (Lipinski definition) is 5. The fraction of sp³-hybridized carbons (Fsp3) is 0.750. The molecule has 2 rings (SSSR count). The number of halogens is 3. The van der Waals surface area contributed by atoms with E-state index in [-0.39, 0.29) is 11.7 Å². The Balaban J connectivity index is 1.93. The van der Waals surface area contributed by atoms with Crippen molar-refractivity contribution in [2.45, 2.75) is 31.0 Å². The van der Waals surface area contributed by atoms with Gasteiger partial charge in [0, 0.05) is 18.1 Å². The predicted octanol–water partition coefficient (Wildman–Crippen LogP) is 1.88. The summed E-state index contributed by atoms with van der Waals surface area (Å²) < 4.78 is 39.7. The molecule has 0 spiro atoms. The van der Waals surface area contributed by atoms with Crippen molar-refractivity contribution < 1.29 is 18.3 Å². The van der Waals surface area contributed by atoms with Crippen molar-refractivity contribution in [3.8, 4) is 0 Å². The van der Waals surface area contributed by atoms with Crippen LogP contribution in [0.15, 0.2) is 0 Å². The van der Waals surface area contributed by atoms with Gasteiger partial charge in [0.05, 0.1) is 5.60 Å². The number of aromatic nitrogens is 2. The van der Waals surface area contributed by atoms with Gasteiger partial charge < -0.3 is 10.4 Å². The highest BCUT2D eigenvalue weighted by Crippen LogP contribution is 2.33. The Morgan fingerprint density at radius 3 is 2.56 bits per heavy atom. The number of alkyl halides is 3. The number of aliphatic hydroxyl groups is 1. The van der Waals surface area contributed by atoms with E-state index < -0.39 is 17.6 Å². The first-order chi connectivity index (χ1) is 7.39. The van der Waals surface area contributed by atoms with Gasteiger partial charge in [-0.15, -0.1) is 0 Å². The molecule has 16 heavy (non-hydrogen) atoms. The molecule has 0 aliphatic heterocycles. The van der Waals surface area contributed by atoms with E-state index in [1.165, 1.54) is 0 Å². The molecule has 0 radical (unpaired) electrons. The van der Waals surface area contributed by atoms with Crippen molar-refractivity contribution >= 4 is 16.7 Å². The highest BCUT2D eigenvalue weighted by atomic mass is 32.1. The van der Waals surface area contributed by atoms with Gasteiger partial charge in [0.1, 0.15) is 0 Å². The maximum Gasteiger partial charge on any atom is 0.452 e. The van der Waals surface area contributed by atoms with Crippen molar-refractivity contribution in [1.29, 1.82) is 0 Å². The third-order valence-corrected chi connectivity index (χ3v) is 3.21. The number of nitrogens with zero attached hydrogens (tertiary/aromatic N) is 2. The molecule has 1 fully saturated rings. The molecule has 0 aromatic carbocycles. The summed E-state index contributed by atoms with van der Waals surface area (Å²) in [6.45, 7) is 0.222. The SMILES string of the molecule is OC1(CNc2nc(C(F)(F)F)ns2)CCC1. The fourth-order valence-electron chi connectivity index (χ4n) is 1.41. The van der Waals surface area contributed by atoms with E-state index in [9.17, 15) is 18.3 Å². The van der Waals surface area contributed by atoms with Crippen molar-refractivity contribution in [1.82, 2.24) is 9.36 Å². The molecule has 1 aromatic heterocycles. The van der Waals surface area contributed by atoms with Crippen LogP contribution in [-0.4, -0.2) is 26.6 Å². The molecule has 1 aliphatic rings. The average molecular weight is 253 g/mol. The summed E-state index contributed by atoms with van der Waals surface area (Å²) in [5.41, 5.74) is -0.788. The minimum atomic E-state index is -4.51. The smallest absolute Gasteiger partial charge is 0.388 e. The summed E-state index contributed by atoms with van der Waals surface area (Å²) in [5, 5.41) is 12.5. The molecule has 90 valence electrons. The van der Waals surface area contributed by atoms with Gasteiger partial charge in [0.25, 0.3) is 0 Å². The molecular formula is C8H10F3N3OS. The lowest BCUT2D eigenvalue weighted by Gasteiger charge is -2.36. The molecule has 0 unspecified atom stereocenters. The Morgan fingerprint density at radius 1 is 1.44 bits per heavy atom. The first-order valence-corrected chi connectivity index (χ1v) is 5.54. The molecule has 1 heterocycles. The van der Waals surface area contributed by atoms with Crippen molar-refractivity contribution in [2.24, 2.45) is 0 Å². The average Bonchev–Trinajstić information content (AvgIpc) is 2.59. The second kappa shape index (κ2) is 3.85. The second-order valence-corrected chi connectivity index (χ2v) is 4.60.